The molecular formula is C18H20FN3O3S. The Morgan fingerprint density at radius 2 is 2.00 bits per heavy atom. The number of rotatable bonds is 5. The van der Waals surface area contributed by atoms with E-state index >= 15 is 0 Å². The van der Waals surface area contributed by atoms with E-state index in [0.717, 1.165) is 0 Å². The predicted octanol–water partition coefficient (Wildman–Crippen LogP) is 2.05. The second-order valence-electron chi connectivity index (χ2n) is 6.26. The maximum absolute atomic E-state index is 13.2. The third-order valence-corrected chi connectivity index (χ3v) is 6.37. The summed E-state index contributed by atoms with van der Waals surface area (Å²) in [6.07, 6.45) is 4.19. The van der Waals surface area contributed by atoms with Crippen molar-refractivity contribution in [2.75, 3.05) is 19.6 Å². The summed E-state index contributed by atoms with van der Waals surface area (Å²) in [6.45, 7) is 1.24. The molecule has 1 saturated heterocycles. The lowest BCUT2D eigenvalue weighted by Gasteiger charge is -2.31. The number of sulfonamides is 1. The monoisotopic (exact) mass is 377 g/mol. The van der Waals surface area contributed by atoms with Crippen LogP contribution in [0.15, 0.2) is 53.7 Å². The Bertz CT molecular complexity index is 866. The molecule has 0 spiro atoms. The molecule has 1 amide bonds. The van der Waals surface area contributed by atoms with Crippen LogP contribution >= 0.6 is 0 Å². The topological polar surface area (TPSA) is 79.4 Å². The number of amides is 1. The third kappa shape index (κ3) is 4.25. The van der Waals surface area contributed by atoms with Gasteiger partial charge in [-0.3, -0.25) is 9.78 Å². The van der Waals surface area contributed by atoms with E-state index in [0.29, 0.717) is 32.5 Å². The summed E-state index contributed by atoms with van der Waals surface area (Å²) in [7, 11) is -3.52. The fraction of sp³-hybridized carbons (Fsp3) is 0.333. The SMILES string of the molecule is O=C(NCC1CCN(S(=O)(=O)c2cccnc2)CC1)c1cccc(F)c1. The smallest absolute Gasteiger partial charge is 0.251 e. The molecule has 2 heterocycles. The maximum atomic E-state index is 13.2. The van der Waals surface area contributed by atoms with Crippen molar-refractivity contribution in [3.63, 3.8) is 0 Å². The van der Waals surface area contributed by atoms with Gasteiger partial charge >= 0.3 is 0 Å². The van der Waals surface area contributed by atoms with Gasteiger partial charge < -0.3 is 5.32 Å². The van der Waals surface area contributed by atoms with Gasteiger partial charge in [0, 0.05) is 37.6 Å². The van der Waals surface area contributed by atoms with Crippen molar-refractivity contribution in [1.82, 2.24) is 14.6 Å². The Morgan fingerprint density at radius 1 is 1.23 bits per heavy atom. The van der Waals surface area contributed by atoms with Crippen LogP contribution in [0.1, 0.15) is 23.2 Å². The molecule has 0 aliphatic carbocycles. The zero-order chi connectivity index (χ0) is 18.6. The molecule has 0 atom stereocenters. The van der Waals surface area contributed by atoms with Crippen LogP contribution in [0.3, 0.4) is 0 Å². The first-order chi connectivity index (χ1) is 12.5. The number of pyridine rings is 1. The lowest BCUT2D eigenvalue weighted by atomic mass is 9.98. The fourth-order valence-corrected chi connectivity index (χ4v) is 4.41. The van der Waals surface area contributed by atoms with Gasteiger partial charge in [-0.25, -0.2) is 12.8 Å². The molecule has 0 saturated carbocycles. The molecule has 2 aromatic rings. The van der Waals surface area contributed by atoms with Crippen LogP contribution in [-0.2, 0) is 10.0 Å². The van der Waals surface area contributed by atoms with Gasteiger partial charge in [-0.1, -0.05) is 6.07 Å². The Balaban J connectivity index is 1.52. The number of carbonyl (C=O) groups excluding carboxylic acids is 1. The summed E-state index contributed by atoms with van der Waals surface area (Å²) in [4.78, 5) is 16.1. The number of halogens is 1. The minimum Gasteiger partial charge on any atom is -0.352 e. The first-order valence-corrected chi connectivity index (χ1v) is 9.85. The molecule has 1 aromatic carbocycles. The number of nitrogens with zero attached hydrogens (tertiary/aromatic N) is 2. The van der Waals surface area contributed by atoms with Crippen molar-refractivity contribution in [2.24, 2.45) is 5.92 Å². The highest BCUT2D eigenvalue weighted by Gasteiger charge is 2.29. The Labute approximate surface area is 152 Å². The number of aromatic nitrogens is 1. The zero-order valence-corrected chi connectivity index (χ0v) is 15.0. The van der Waals surface area contributed by atoms with Crippen molar-refractivity contribution in [3.8, 4) is 0 Å². The average Bonchev–Trinajstić information content (AvgIpc) is 2.67. The summed E-state index contributed by atoms with van der Waals surface area (Å²) in [5.41, 5.74) is 0.279. The number of nitrogens with one attached hydrogen (secondary N) is 1. The highest BCUT2D eigenvalue weighted by molar-refractivity contribution is 7.89. The van der Waals surface area contributed by atoms with Crippen molar-refractivity contribution < 1.29 is 17.6 Å². The van der Waals surface area contributed by atoms with Crippen LogP contribution < -0.4 is 5.32 Å². The summed E-state index contributed by atoms with van der Waals surface area (Å²) >= 11 is 0. The highest BCUT2D eigenvalue weighted by Crippen LogP contribution is 2.23. The molecule has 1 aromatic heterocycles. The number of benzene rings is 1. The number of carbonyl (C=O) groups is 1. The normalized spacial score (nSPS) is 16.3. The molecule has 6 nitrogen and oxygen atoms in total. The van der Waals surface area contributed by atoms with Gasteiger partial charge in [0.15, 0.2) is 0 Å². The summed E-state index contributed by atoms with van der Waals surface area (Å²) in [5, 5.41) is 2.80. The Hall–Kier alpha value is -2.32. The van der Waals surface area contributed by atoms with Crippen LogP contribution in [0.5, 0.6) is 0 Å². The second kappa shape index (κ2) is 7.92. The Morgan fingerprint density at radius 3 is 2.65 bits per heavy atom. The first kappa shape index (κ1) is 18.5. The van der Waals surface area contributed by atoms with Crippen molar-refractivity contribution >= 4 is 15.9 Å². The Kier molecular flexibility index (Phi) is 5.63. The van der Waals surface area contributed by atoms with Gasteiger partial charge in [0.1, 0.15) is 10.7 Å². The quantitative estimate of drug-likeness (QED) is 0.865. The molecule has 1 aliphatic heterocycles. The van der Waals surface area contributed by atoms with Gasteiger partial charge in [0.25, 0.3) is 5.91 Å². The fourth-order valence-electron chi connectivity index (χ4n) is 2.97. The maximum Gasteiger partial charge on any atom is 0.251 e. The molecule has 3 rings (SSSR count). The van der Waals surface area contributed by atoms with E-state index in [1.165, 1.54) is 41.0 Å². The summed E-state index contributed by atoms with van der Waals surface area (Å²) < 4.78 is 39.7. The molecule has 0 radical (unpaired) electrons. The van der Waals surface area contributed by atoms with Gasteiger partial charge in [0.2, 0.25) is 10.0 Å². The lowest BCUT2D eigenvalue weighted by molar-refractivity contribution is 0.0941. The van der Waals surface area contributed by atoms with Crippen LogP contribution in [0, 0.1) is 11.7 Å². The average molecular weight is 377 g/mol. The number of piperidine rings is 1. The molecule has 8 heteroatoms. The summed E-state index contributed by atoms with van der Waals surface area (Å²) in [5.74, 6) is -0.589. The predicted molar refractivity (Wildman–Crippen MR) is 94.5 cm³/mol. The lowest BCUT2D eigenvalue weighted by Crippen LogP contribution is -2.41. The van der Waals surface area contributed by atoms with Crippen molar-refractivity contribution in [3.05, 3.63) is 60.2 Å². The van der Waals surface area contributed by atoms with Crippen LogP contribution in [0.2, 0.25) is 0 Å². The molecule has 1 N–H and O–H groups in total. The van der Waals surface area contributed by atoms with Crippen molar-refractivity contribution in [2.45, 2.75) is 17.7 Å². The van der Waals surface area contributed by atoms with E-state index < -0.39 is 15.8 Å². The van der Waals surface area contributed by atoms with E-state index in [1.807, 2.05) is 0 Å². The van der Waals surface area contributed by atoms with E-state index in [1.54, 1.807) is 12.1 Å². The number of hydrogen-bond donors (Lipinski definition) is 1. The third-order valence-electron chi connectivity index (χ3n) is 4.48. The molecule has 0 unspecified atom stereocenters. The van der Waals surface area contributed by atoms with Gasteiger partial charge in [-0.15, -0.1) is 0 Å². The van der Waals surface area contributed by atoms with Crippen LogP contribution in [-0.4, -0.2) is 43.2 Å². The minimum absolute atomic E-state index is 0.188. The van der Waals surface area contributed by atoms with E-state index in [9.17, 15) is 17.6 Å². The highest BCUT2D eigenvalue weighted by atomic mass is 32.2. The molecule has 0 bridgehead atoms. The van der Waals surface area contributed by atoms with Gasteiger partial charge in [-0.2, -0.15) is 4.31 Å². The second-order valence-corrected chi connectivity index (χ2v) is 8.19. The van der Waals surface area contributed by atoms with Gasteiger partial charge in [-0.05, 0) is 49.1 Å². The molecule has 26 heavy (non-hydrogen) atoms. The molecule has 1 aliphatic rings. The molecule has 1 fully saturated rings. The molecule has 138 valence electrons. The largest absolute Gasteiger partial charge is 0.352 e. The van der Waals surface area contributed by atoms with E-state index in [2.05, 4.69) is 10.3 Å². The van der Waals surface area contributed by atoms with E-state index in [4.69, 9.17) is 0 Å². The molecular weight excluding hydrogens is 357 g/mol. The van der Waals surface area contributed by atoms with Crippen molar-refractivity contribution in [1.29, 1.82) is 0 Å². The standard InChI is InChI=1S/C18H20FN3O3S/c19-16-4-1-3-15(11-16)18(23)21-12-14-6-9-22(10-7-14)26(24,25)17-5-2-8-20-13-17/h1-5,8,11,13-14H,6-7,9-10,12H2,(H,21,23). The zero-order valence-electron chi connectivity index (χ0n) is 14.1. The first-order valence-electron chi connectivity index (χ1n) is 8.41. The van der Waals surface area contributed by atoms with Crippen LogP contribution in [0.4, 0.5) is 4.39 Å². The number of hydrogen-bond acceptors (Lipinski definition) is 4. The summed E-state index contributed by atoms with van der Waals surface area (Å²) in [6, 6.07) is 8.66. The minimum atomic E-state index is -3.52. The van der Waals surface area contributed by atoms with Gasteiger partial charge in [0.05, 0.1) is 0 Å². The van der Waals surface area contributed by atoms with Crippen LogP contribution in [0.25, 0.3) is 0 Å². The van der Waals surface area contributed by atoms with E-state index in [-0.39, 0.29) is 22.3 Å².